The van der Waals surface area contributed by atoms with Crippen molar-refractivity contribution in [2.24, 2.45) is 0 Å². The van der Waals surface area contributed by atoms with Crippen molar-refractivity contribution in [3.05, 3.63) is 40.0 Å². The third-order valence-corrected chi connectivity index (χ3v) is 4.04. The second kappa shape index (κ2) is 4.87. The van der Waals surface area contributed by atoms with Crippen LogP contribution in [0.1, 0.15) is 29.7 Å². The number of ether oxygens (including phenoxy) is 1. The summed E-state index contributed by atoms with van der Waals surface area (Å²) >= 11 is 6.55. The molecule has 1 heterocycles. The van der Waals surface area contributed by atoms with Crippen molar-refractivity contribution in [2.45, 2.75) is 32.3 Å². The molecule has 3 rings (SSSR count). The summed E-state index contributed by atoms with van der Waals surface area (Å²) in [6, 6.07) is 6.14. The number of fused-ring (bicyclic) bond motifs is 2. The first-order chi connectivity index (χ1) is 8.81. The number of hydrogen-bond donors (Lipinski definition) is 0. The van der Waals surface area contributed by atoms with E-state index in [1.54, 1.807) is 7.11 Å². The van der Waals surface area contributed by atoms with Gasteiger partial charge >= 0.3 is 0 Å². The molecule has 0 saturated carbocycles. The van der Waals surface area contributed by atoms with E-state index in [1.165, 1.54) is 24.1 Å². The first-order valence-corrected chi connectivity index (χ1v) is 6.77. The van der Waals surface area contributed by atoms with Crippen LogP contribution in [0.15, 0.2) is 18.2 Å². The first kappa shape index (κ1) is 11.9. The van der Waals surface area contributed by atoms with E-state index in [0.717, 1.165) is 34.3 Å². The zero-order chi connectivity index (χ0) is 12.5. The van der Waals surface area contributed by atoms with Gasteiger partial charge in [0.1, 0.15) is 0 Å². The number of hydrogen-bond acceptors (Lipinski definition) is 2. The fourth-order valence-corrected chi connectivity index (χ4v) is 3.08. The third kappa shape index (κ3) is 1.90. The maximum atomic E-state index is 6.55. The van der Waals surface area contributed by atoms with E-state index in [9.17, 15) is 0 Å². The van der Waals surface area contributed by atoms with Gasteiger partial charge in [0.25, 0.3) is 0 Å². The maximum absolute atomic E-state index is 6.55. The Morgan fingerprint density at radius 2 is 2.11 bits per heavy atom. The topological polar surface area (TPSA) is 22.1 Å². The van der Waals surface area contributed by atoms with Crippen molar-refractivity contribution in [2.75, 3.05) is 7.11 Å². The third-order valence-electron chi connectivity index (χ3n) is 3.61. The van der Waals surface area contributed by atoms with Gasteiger partial charge in [-0.05, 0) is 31.2 Å². The second-order valence-electron chi connectivity index (χ2n) is 4.80. The summed E-state index contributed by atoms with van der Waals surface area (Å²) in [5.74, 6) is 0. The second-order valence-corrected chi connectivity index (χ2v) is 5.18. The average Bonchev–Trinajstić information content (AvgIpc) is 2.40. The highest BCUT2D eigenvalue weighted by atomic mass is 35.5. The molecule has 1 aromatic heterocycles. The summed E-state index contributed by atoms with van der Waals surface area (Å²) in [5, 5.41) is 1.96. The Hall–Kier alpha value is -1.12. The fourth-order valence-electron chi connectivity index (χ4n) is 2.72. The number of para-hydroxylation sites is 1. The fraction of sp³-hybridized carbons (Fsp3) is 0.400. The minimum atomic E-state index is 0.583. The number of nitrogens with zero attached hydrogens (tertiary/aromatic N) is 1. The Bertz CT molecular complexity index is 595. The molecule has 1 aromatic carbocycles. The van der Waals surface area contributed by atoms with Gasteiger partial charge in [-0.1, -0.05) is 29.8 Å². The van der Waals surface area contributed by atoms with E-state index >= 15 is 0 Å². The Balaban J connectivity index is 2.27. The summed E-state index contributed by atoms with van der Waals surface area (Å²) in [7, 11) is 1.71. The van der Waals surface area contributed by atoms with Crippen LogP contribution in [0.2, 0.25) is 5.02 Å². The summed E-state index contributed by atoms with van der Waals surface area (Å²) in [6.07, 6.45) is 4.55. The van der Waals surface area contributed by atoms with Crippen LogP contribution in [0.4, 0.5) is 0 Å². The van der Waals surface area contributed by atoms with Crippen molar-refractivity contribution in [3.63, 3.8) is 0 Å². The number of aromatic nitrogens is 1. The molecule has 2 aromatic rings. The molecule has 3 heteroatoms. The molecule has 0 N–H and O–H groups in total. The molecule has 0 spiro atoms. The lowest BCUT2D eigenvalue weighted by molar-refractivity contribution is 0.186. The van der Waals surface area contributed by atoms with Gasteiger partial charge in [-0.25, -0.2) is 0 Å². The summed E-state index contributed by atoms with van der Waals surface area (Å²) in [5.41, 5.74) is 4.56. The largest absolute Gasteiger partial charge is 0.380 e. The Labute approximate surface area is 112 Å². The predicted molar refractivity (Wildman–Crippen MR) is 74.1 cm³/mol. The number of methoxy groups -OCH3 is 1. The highest BCUT2D eigenvalue weighted by Crippen LogP contribution is 2.33. The molecule has 0 amide bonds. The van der Waals surface area contributed by atoms with E-state index in [-0.39, 0.29) is 0 Å². The Morgan fingerprint density at radius 3 is 2.94 bits per heavy atom. The highest BCUT2D eigenvalue weighted by molar-refractivity contribution is 6.36. The molecule has 0 saturated heterocycles. The zero-order valence-electron chi connectivity index (χ0n) is 10.5. The smallest absolute Gasteiger partial charge is 0.0775 e. The van der Waals surface area contributed by atoms with Crippen LogP contribution < -0.4 is 0 Å². The van der Waals surface area contributed by atoms with Gasteiger partial charge in [-0.3, -0.25) is 4.98 Å². The van der Waals surface area contributed by atoms with Crippen LogP contribution in [0.5, 0.6) is 0 Å². The van der Waals surface area contributed by atoms with Crippen LogP contribution in [-0.4, -0.2) is 12.1 Å². The molecular weight excluding hydrogens is 246 g/mol. The molecule has 18 heavy (non-hydrogen) atoms. The van der Waals surface area contributed by atoms with Crippen LogP contribution in [0.3, 0.4) is 0 Å². The summed E-state index contributed by atoms with van der Waals surface area (Å²) in [4.78, 5) is 4.83. The molecule has 0 fully saturated rings. The summed E-state index contributed by atoms with van der Waals surface area (Å²) < 4.78 is 5.24. The quantitative estimate of drug-likeness (QED) is 0.818. The molecule has 1 aliphatic carbocycles. The normalized spacial score (nSPS) is 14.8. The monoisotopic (exact) mass is 261 g/mol. The van der Waals surface area contributed by atoms with Crippen molar-refractivity contribution in [1.82, 2.24) is 4.98 Å². The molecular formula is C15H16ClNO. The van der Waals surface area contributed by atoms with Gasteiger partial charge in [0, 0.05) is 23.8 Å². The van der Waals surface area contributed by atoms with Crippen molar-refractivity contribution >= 4 is 22.5 Å². The van der Waals surface area contributed by atoms with E-state index in [1.807, 2.05) is 6.07 Å². The molecule has 0 bridgehead atoms. The number of aryl methyl sites for hydroxylation is 1. The number of benzene rings is 1. The van der Waals surface area contributed by atoms with Crippen molar-refractivity contribution in [3.8, 4) is 0 Å². The zero-order valence-corrected chi connectivity index (χ0v) is 11.3. The van der Waals surface area contributed by atoms with Gasteiger partial charge in [0.2, 0.25) is 0 Å². The number of pyridine rings is 1. The minimum Gasteiger partial charge on any atom is -0.380 e. The van der Waals surface area contributed by atoms with Crippen LogP contribution >= 0.6 is 11.6 Å². The van der Waals surface area contributed by atoms with Crippen molar-refractivity contribution < 1.29 is 4.74 Å². The Kier molecular flexibility index (Phi) is 3.23. The summed E-state index contributed by atoms with van der Waals surface area (Å²) in [6.45, 7) is 0.583. The van der Waals surface area contributed by atoms with Crippen molar-refractivity contribution in [1.29, 1.82) is 0 Å². The lowest BCUT2D eigenvalue weighted by atomic mass is 9.94. The standard InChI is InChI=1S/C15H16ClNO/c1-18-9-10-5-4-7-12-14(16)11-6-2-3-8-13(11)17-15(10)12/h4-5,7H,2-3,6,8-9H2,1H3. The van der Waals surface area contributed by atoms with Gasteiger partial charge in [0.05, 0.1) is 17.1 Å². The molecule has 0 radical (unpaired) electrons. The van der Waals surface area contributed by atoms with E-state index in [2.05, 4.69) is 12.1 Å². The van der Waals surface area contributed by atoms with Crippen LogP contribution in [0, 0.1) is 0 Å². The van der Waals surface area contributed by atoms with Gasteiger partial charge in [-0.15, -0.1) is 0 Å². The number of rotatable bonds is 2. The minimum absolute atomic E-state index is 0.583. The molecule has 1 aliphatic rings. The Morgan fingerprint density at radius 1 is 1.28 bits per heavy atom. The van der Waals surface area contributed by atoms with Gasteiger partial charge in [0.15, 0.2) is 0 Å². The SMILES string of the molecule is COCc1cccc2c(Cl)c3c(nc12)CCCC3. The van der Waals surface area contributed by atoms with Crippen LogP contribution in [-0.2, 0) is 24.2 Å². The average molecular weight is 262 g/mol. The highest BCUT2D eigenvalue weighted by Gasteiger charge is 2.17. The predicted octanol–water partition coefficient (Wildman–Crippen LogP) is 3.91. The molecule has 0 atom stereocenters. The van der Waals surface area contributed by atoms with Gasteiger partial charge in [-0.2, -0.15) is 0 Å². The molecule has 94 valence electrons. The molecule has 0 unspecified atom stereocenters. The van der Waals surface area contributed by atoms with E-state index in [0.29, 0.717) is 6.61 Å². The maximum Gasteiger partial charge on any atom is 0.0775 e. The van der Waals surface area contributed by atoms with E-state index in [4.69, 9.17) is 21.3 Å². The molecule has 2 nitrogen and oxygen atoms in total. The van der Waals surface area contributed by atoms with Gasteiger partial charge < -0.3 is 4.74 Å². The molecule has 0 aliphatic heterocycles. The number of halogens is 1. The lowest BCUT2D eigenvalue weighted by Gasteiger charge is -2.18. The van der Waals surface area contributed by atoms with E-state index < -0.39 is 0 Å². The first-order valence-electron chi connectivity index (χ1n) is 6.39. The lowest BCUT2D eigenvalue weighted by Crippen LogP contribution is -2.07. The van der Waals surface area contributed by atoms with Crippen LogP contribution in [0.25, 0.3) is 10.9 Å².